The third-order valence-corrected chi connectivity index (χ3v) is 3.49. The molecule has 1 aliphatic rings. The number of diazo groups is 1. The predicted molar refractivity (Wildman–Crippen MR) is 66.5 cm³/mol. The molecule has 0 spiro atoms. The van der Waals surface area contributed by atoms with E-state index in [1.54, 1.807) is 0 Å². The monoisotopic (exact) mass is 216 g/mol. The summed E-state index contributed by atoms with van der Waals surface area (Å²) in [7, 11) is 2.15. The molecule has 3 heteroatoms. The van der Waals surface area contributed by atoms with Crippen LogP contribution in [0.4, 0.5) is 11.4 Å². The number of nitrogens with zero attached hydrogens (tertiary/aromatic N) is 3. The molecular weight excluding hydrogens is 198 g/mol. The van der Waals surface area contributed by atoms with Crippen LogP contribution in [0.15, 0.2) is 24.3 Å². The number of anilines is 1. The molecule has 0 unspecified atom stereocenters. The first kappa shape index (κ1) is 10.9. The first-order chi connectivity index (χ1) is 7.81. The van der Waals surface area contributed by atoms with Gasteiger partial charge in [0.15, 0.2) is 4.98 Å². The fraction of sp³-hybridized carbons (Fsp3) is 0.538. The van der Waals surface area contributed by atoms with Crippen LogP contribution in [0.2, 0.25) is 0 Å². The highest BCUT2D eigenvalue weighted by atomic mass is 15.1. The van der Waals surface area contributed by atoms with Crippen molar-refractivity contribution in [2.24, 2.45) is 0 Å². The molecule has 0 atom stereocenters. The van der Waals surface area contributed by atoms with Crippen molar-refractivity contribution in [3.05, 3.63) is 29.2 Å². The van der Waals surface area contributed by atoms with Crippen molar-refractivity contribution in [1.82, 2.24) is 0 Å². The van der Waals surface area contributed by atoms with Crippen LogP contribution in [0.5, 0.6) is 0 Å². The minimum absolute atomic E-state index is 0.612. The summed E-state index contributed by atoms with van der Waals surface area (Å²) < 4.78 is 0. The molecule has 84 valence electrons. The minimum atomic E-state index is 0.612. The summed E-state index contributed by atoms with van der Waals surface area (Å²) in [4.78, 5) is 5.51. The van der Waals surface area contributed by atoms with E-state index in [9.17, 15) is 0 Å². The smallest absolute Gasteiger partial charge is 0.372 e. The van der Waals surface area contributed by atoms with E-state index in [1.165, 1.54) is 37.8 Å². The van der Waals surface area contributed by atoms with Gasteiger partial charge in [-0.2, -0.15) is 0 Å². The van der Waals surface area contributed by atoms with E-state index < -0.39 is 0 Å². The van der Waals surface area contributed by atoms with Crippen LogP contribution in [0, 0.1) is 5.39 Å². The molecule has 0 heterocycles. The molecule has 1 aliphatic carbocycles. The second kappa shape index (κ2) is 4.98. The van der Waals surface area contributed by atoms with Crippen LogP contribution < -0.4 is 4.90 Å². The van der Waals surface area contributed by atoms with Gasteiger partial charge in [-0.15, -0.1) is 0 Å². The molecule has 2 rings (SSSR count). The fourth-order valence-corrected chi connectivity index (χ4v) is 2.43. The summed E-state index contributed by atoms with van der Waals surface area (Å²) in [5, 5.41) is 8.63. The first-order valence-electron chi connectivity index (χ1n) is 5.99. The van der Waals surface area contributed by atoms with E-state index in [-0.39, 0.29) is 0 Å². The zero-order valence-electron chi connectivity index (χ0n) is 9.76. The van der Waals surface area contributed by atoms with Crippen molar-refractivity contribution in [3.63, 3.8) is 0 Å². The Labute approximate surface area is 96.7 Å². The topological polar surface area (TPSA) is 31.4 Å². The van der Waals surface area contributed by atoms with Crippen LogP contribution in [0.1, 0.15) is 32.1 Å². The quantitative estimate of drug-likeness (QED) is 0.701. The van der Waals surface area contributed by atoms with Gasteiger partial charge < -0.3 is 4.90 Å². The van der Waals surface area contributed by atoms with Crippen LogP contribution in [0.25, 0.3) is 4.98 Å². The molecule has 0 saturated heterocycles. The summed E-state index contributed by atoms with van der Waals surface area (Å²) >= 11 is 0. The highest BCUT2D eigenvalue weighted by Gasteiger charge is 2.18. The average molecular weight is 216 g/mol. The van der Waals surface area contributed by atoms with Crippen molar-refractivity contribution in [3.8, 4) is 0 Å². The lowest BCUT2D eigenvalue weighted by atomic mass is 9.94. The van der Waals surface area contributed by atoms with Crippen LogP contribution >= 0.6 is 0 Å². The van der Waals surface area contributed by atoms with E-state index in [0.29, 0.717) is 11.7 Å². The molecule has 3 nitrogen and oxygen atoms in total. The Bertz CT molecular complexity index is 371. The van der Waals surface area contributed by atoms with Gasteiger partial charge >= 0.3 is 5.69 Å². The third kappa shape index (κ3) is 2.33. The fourth-order valence-electron chi connectivity index (χ4n) is 2.43. The van der Waals surface area contributed by atoms with Gasteiger partial charge in [0.25, 0.3) is 0 Å². The van der Waals surface area contributed by atoms with E-state index in [1.807, 2.05) is 24.3 Å². The van der Waals surface area contributed by atoms with Crippen molar-refractivity contribution >= 4 is 11.4 Å². The van der Waals surface area contributed by atoms with Gasteiger partial charge in [0.1, 0.15) is 0 Å². The number of hydrogen-bond donors (Lipinski definition) is 0. The lowest BCUT2D eigenvalue weighted by Gasteiger charge is -2.32. The van der Waals surface area contributed by atoms with Crippen molar-refractivity contribution < 1.29 is 0 Å². The molecule has 16 heavy (non-hydrogen) atoms. The molecule has 0 radical (unpaired) electrons. The number of benzene rings is 1. The summed E-state index contributed by atoms with van der Waals surface area (Å²) in [6.07, 6.45) is 6.66. The third-order valence-electron chi connectivity index (χ3n) is 3.49. The van der Waals surface area contributed by atoms with Gasteiger partial charge in [-0.25, -0.2) is 0 Å². The normalized spacial score (nSPS) is 16.8. The van der Waals surface area contributed by atoms with E-state index in [0.717, 1.165) is 0 Å². The molecule has 0 N–H and O–H groups in total. The molecular formula is C13H18N3+. The molecule has 1 aromatic rings. The first-order valence-corrected chi connectivity index (χ1v) is 5.99. The zero-order chi connectivity index (χ0) is 11.4. The van der Waals surface area contributed by atoms with Gasteiger partial charge in [-0.05, 0) is 25.0 Å². The Morgan fingerprint density at radius 2 is 1.75 bits per heavy atom. The Morgan fingerprint density at radius 3 is 2.31 bits per heavy atom. The highest BCUT2D eigenvalue weighted by molar-refractivity contribution is 5.55. The van der Waals surface area contributed by atoms with Gasteiger partial charge in [0.05, 0.1) is 0 Å². The number of hydrogen-bond acceptors (Lipinski definition) is 2. The maximum Gasteiger partial charge on any atom is 0.385 e. The molecule has 0 bridgehead atoms. The SMILES string of the molecule is CN(c1ccc([N+]#N)cc1)C1CCCCC1. The minimum Gasteiger partial charge on any atom is -0.372 e. The van der Waals surface area contributed by atoms with E-state index in [4.69, 9.17) is 5.39 Å². The summed E-state index contributed by atoms with van der Waals surface area (Å²) in [6, 6.07) is 8.39. The van der Waals surface area contributed by atoms with Crippen LogP contribution in [-0.4, -0.2) is 13.1 Å². The van der Waals surface area contributed by atoms with Gasteiger partial charge in [-0.1, -0.05) is 19.3 Å². The van der Waals surface area contributed by atoms with Crippen molar-refractivity contribution in [1.29, 1.82) is 5.39 Å². The Kier molecular flexibility index (Phi) is 3.40. The summed E-state index contributed by atoms with van der Waals surface area (Å²) in [6.45, 7) is 0. The van der Waals surface area contributed by atoms with Gasteiger partial charge in [-0.3, -0.25) is 0 Å². The molecule has 0 aromatic heterocycles. The van der Waals surface area contributed by atoms with Crippen molar-refractivity contribution in [2.45, 2.75) is 38.1 Å². The van der Waals surface area contributed by atoms with Crippen molar-refractivity contribution in [2.75, 3.05) is 11.9 Å². The molecule has 1 aromatic carbocycles. The predicted octanol–water partition coefficient (Wildman–Crippen LogP) is 3.94. The summed E-state index contributed by atoms with van der Waals surface area (Å²) in [5.74, 6) is 0. The molecule has 0 amide bonds. The second-order valence-electron chi connectivity index (χ2n) is 4.52. The largest absolute Gasteiger partial charge is 0.385 e. The lowest BCUT2D eigenvalue weighted by molar-refractivity contribution is 0.427. The Hall–Kier alpha value is -1.56. The maximum atomic E-state index is 8.63. The van der Waals surface area contributed by atoms with Gasteiger partial charge in [0, 0.05) is 30.9 Å². The molecule has 1 saturated carbocycles. The molecule has 1 fully saturated rings. The van der Waals surface area contributed by atoms with Crippen LogP contribution in [-0.2, 0) is 0 Å². The zero-order valence-corrected chi connectivity index (χ0v) is 9.76. The summed E-state index contributed by atoms with van der Waals surface area (Å²) in [5.41, 5.74) is 1.82. The standard InChI is InChI=1S/C13H18N3/c1-16(12-5-3-2-4-6-12)13-9-7-11(15-14)8-10-13/h7-10,12H,2-6H2,1H3/q+1. The number of rotatable bonds is 2. The van der Waals surface area contributed by atoms with Crippen LogP contribution in [0.3, 0.4) is 0 Å². The maximum absolute atomic E-state index is 8.63. The lowest BCUT2D eigenvalue weighted by Crippen LogP contribution is -2.33. The Morgan fingerprint density at radius 1 is 1.12 bits per heavy atom. The Balaban J connectivity index is 2.07. The second-order valence-corrected chi connectivity index (χ2v) is 4.52. The van der Waals surface area contributed by atoms with E-state index in [2.05, 4.69) is 16.9 Å². The van der Waals surface area contributed by atoms with Gasteiger partial charge in [0.2, 0.25) is 5.39 Å². The highest BCUT2D eigenvalue weighted by Crippen LogP contribution is 2.27. The average Bonchev–Trinajstić information content (AvgIpc) is 2.39. The molecule has 0 aliphatic heterocycles. The van der Waals surface area contributed by atoms with E-state index >= 15 is 0 Å².